The van der Waals surface area contributed by atoms with Gasteiger partial charge < -0.3 is 15.4 Å². The number of rotatable bonds is 6. The van der Waals surface area contributed by atoms with E-state index in [0.29, 0.717) is 5.56 Å². The fraction of sp³-hybridized carbons (Fsp3) is 0.360. The molecule has 34 heavy (non-hydrogen) atoms. The Morgan fingerprint density at radius 1 is 1.12 bits per heavy atom. The number of carbonyl (C=O) groups excluding carboxylic acids is 1. The van der Waals surface area contributed by atoms with Crippen molar-refractivity contribution in [2.24, 2.45) is 7.05 Å². The number of fused-ring (bicyclic) bond motifs is 1. The molecule has 1 aromatic carbocycles. The molecule has 0 unspecified atom stereocenters. The molecule has 1 aliphatic carbocycles. The summed E-state index contributed by atoms with van der Waals surface area (Å²) in [5.41, 5.74) is 3.57. The first-order valence-electron chi connectivity index (χ1n) is 11.6. The Morgan fingerprint density at radius 2 is 1.94 bits per heavy atom. The van der Waals surface area contributed by atoms with Gasteiger partial charge in [0.15, 0.2) is 0 Å². The van der Waals surface area contributed by atoms with Crippen LogP contribution in [0, 0.1) is 0 Å². The van der Waals surface area contributed by atoms with Crippen LogP contribution >= 0.6 is 0 Å². The third-order valence-electron chi connectivity index (χ3n) is 6.44. The number of ether oxygens (including phenoxy) is 1. The van der Waals surface area contributed by atoms with Gasteiger partial charge in [0, 0.05) is 56.1 Å². The molecule has 9 heteroatoms. The van der Waals surface area contributed by atoms with E-state index in [1.807, 2.05) is 44.8 Å². The van der Waals surface area contributed by atoms with Crippen LogP contribution in [-0.2, 0) is 7.05 Å². The van der Waals surface area contributed by atoms with Crippen molar-refractivity contribution in [3.8, 4) is 17.0 Å². The monoisotopic (exact) mass is 459 g/mol. The molecule has 0 radical (unpaired) electrons. The molecule has 3 aromatic heterocycles. The number of pyridine rings is 1. The lowest BCUT2D eigenvalue weighted by Gasteiger charge is -2.29. The first-order valence-corrected chi connectivity index (χ1v) is 11.6. The number of hydrogen-bond donors (Lipinski definition) is 2. The van der Waals surface area contributed by atoms with Crippen LogP contribution in [0.25, 0.3) is 22.2 Å². The minimum absolute atomic E-state index is 0.112. The van der Waals surface area contributed by atoms with Crippen molar-refractivity contribution in [1.82, 2.24) is 29.9 Å². The minimum atomic E-state index is -0.112. The highest BCUT2D eigenvalue weighted by atomic mass is 16.5. The maximum absolute atomic E-state index is 11.9. The van der Waals surface area contributed by atoms with Crippen LogP contribution in [-0.4, -0.2) is 50.7 Å². The maximum atomic E-state index is 11.9. The van der Waals surface area contributed by atoms with Gasteiger partial charge in [0.05, 0.1) is 23.9 Å². The zero-order chi connectivity index (χ0) is 23.7. The number of anilines is 1. The van der Waals surface area contributed by atoms with Crippen molar-refractivity contribution in [2.45, 2.75) is 37.8 Å². The molecule has 176 valence electrons. The Balaban J connectivity index is 1.36. The molecule has 4 aromatic rings. The first kappa shape index (κ1) is 21.9. The van der Waals surface area contributed by atoms with E-state index in [0.717, 1.165) is 59.4 Å². The molecule has 1 amide bonds. The fourth-order valence-electron chi connectivity index (χ4n) is 4.66. The van der Waals surface area contributed by atoms with E-state index in [1.54, 1.807) is 23.9 Å². The molecule has 5 rings (SSSR count). The predicted molar refractivity (Wildman–Crippen MR) is 131 cm³/mol. The van der Waals surface area contributed by atoms with E-state index in [1.165, 1.54) is 0 Å². The normalized spacial score (nSPS) is 18.1. The third-order valence-corrected chi connectivity index (χ3v) is 6.44. The Hall–Kier alpha value is -3.88. The van der Waals surface area contributed by atoms with Gasteiger partial charge >= 0.3 is 0 Å². The summed E-state index contributed by atoms with van der Waals surface area (Å²) in [6.45, 7) is 0. The van der Waals surface area contributed by atoms with Gasteiger partial charge in [-0.3, -0.25) is 14.2 Å². The van der Waals surface area contributed by atoms with E-state index in [-0.39, 0.29) is 18.1 Å². The van der Waals surface area contributed by atoms with Crippen LogP contribution in [0.4, 0.5) is 5.82 Å². The molecule has 1 fully saturated rings. The molecule has 0 aliphatic heterocycles. The summed E-state index contributed by atoms with van der Waals surface area (Å²) in [6, 6.07) is 9.70. The first-order chi connectivity index (χ1) is 16.6. The quantitative estimate of drug-likeness (QED) is 0.455. The molecule has 0 atom stereocenters. The molecule has 9 nitrogen and oxygen atoms in total. The number of carbonyl (C=O) groups is 1. The van der Waals surface area contributed by atoms with Crippen LogP contribution in [0.2, 0.25) is 0 Å². The summed E-state index contributed by atoms with van der Waals surface area (Å²) in [7, 11) is 5.41. The summed E-state index contributed by atoms with van der Waals surface area (Å²) >= 11 is 0. The number of amides is 1. The molecule has 0 saturated heterocycles. The average Bonchev–Trinajstić information content (AvgIpc) is 3.47. The molecule has 2 N–H and O–H groups in total. The van der Waals surface area contributed by atoms with E-state index >= 15 is 0 Å². The van der Waals surface area contributed by atoms with Crippen molar-refractivity contribution < 1.29 is 9.53 Å². The van der Waals surface area contributed by atoms with Crippen molar-refractivity contribution in [3.63, 3.8) is 0 Å². The Morgan fingerprint density at radius 3 is 2.65 bits per heavy atom. The van der Waals surface area contributed by atoms with Crippen LogP contribution < -0.4 is 15.4 Å². The molecule has 3 heterocycles. The van der Waals surface area contributed by atoms with Crippen molar-refractivity contribution in [1.29, 1.82) is 0 Å². The van der Waals surface area contributed by atoms with Crippen molar-refractivity contribution >= 4 is 22.6 Å². The van der Waals surface area contributed by atoms with Crippen molar-refractivity contribution in [2.75, 3.05) is 19.4 Å². The largest absolute Gasteiger partial charge is 0.490 e. The van der Waals surface area contributed by atoms with Gasteiger partial charge in [-0.05, 0) is 43.9 Å². The Bertz CT molecular complexity index is 1320. The highest BCUT2D eigenvalue weighted by molar-refractivity contribution is 5.94. The zero-order valence-corrected chi connectivity index (χ0v) is 19.7. The van der Waals surface area contributed by atoms with Crippen LogP contribution in [0.3, 0.4) is 0 Å². The lowest BCUT2D eigenvalue weighted by atomic mass is 9.93. The number of hydrogen-bond acceptors (Lipinski definition) is 6. The number of benzene rings is 1. The number of aromatic nitrogens is 5. The van der Waals surface area contributed by atoms with E-state index in [4.69, 9.17) is 9.84 Å². The summed E-state index contributed by atoms with van der Waals surface area (Å²) < 4.78 is 10.2. The average molecular weight is 460 g/mol. The number of nitrogens with zero attached hydrogens (tertiary/aromatic N) is 5. The van der Waals surface area contributed by atoms with Crippen molar-refractivity contribution in [3.05, 3.63) is 54.5 Å². The van der Waals surface area contributed by atoms with Crippen LogP contribution in [0.1, 0.15) is 42.1 Å². The van der Waals surface area contributed by atoms with E-state index in [2.05, 4.69) is 31.5 Å². The number of aryl methyl sites for hydroxylation is 1. The summed E-state index contributed by atoms with van der Waals surface area (Å²) in [6.07, 6.45) is 9.59. The molecule has 1 aliphatic rings. The second-order valence-electron chi connectivity index (χ2n) is 8.69. The minimum Gasteiger partial charge on any atom is -0.490 e. The van der Waals surface area contributed by atoms with Gasteiger partial charge in [-0.1, -0.05) is 6.07 Å². The lowest BCUT2D eigenvalue weighted by molar-refractivity contribution is 0.0961. The second kappa shape index (κ2) is 9.17. The molecule has 1 saturated carbocycles. The molecule has 0 bridgehead atoms. The lowest BCUT2D eigenvalue weighted by Crippen LogP contribution is -2.26. The van der Waals surface area contributed by atoms with Gasteiger partial charge in [-0.2, -0.15) is 10.2 Å². The Labute approximate surface area is 198 Å². The number of nitrogens with one attached hydrogen (secondary N) is 2. The smallest absolute Gasteiger partial charge is 0.251 e. The molecular formula is C25H29N7O2. The van der Waals surface area contributed by atoms with Gasteiger partial charge in [0.25, 0.3) is 5.91 Å². The maximum Gasteiger partial charge on any atom is 0.251 e. The summed E-state index contributed by atoms with van der Waals surface area (Å²) in [4.78, 5) is 16.4. The topological polar surface area (TPSA) is 98.9 Å². The van der Waals surface area contributed by atoms with Crippen LogP contribution in [0.5, 0.6) is 5.75 Å². The van der Waals surface area contributed by atoms with E-state index in [9.17, 15) is 4.79 Å². The molecular weight excluding hydrogens is 430 g/mol. The van der Waals surface area contributed by atoms with Gasteiger partial charge in [0.1, 0.15) is 17.3 Å². The predicted octanol–water partition coefficient (Wildman–Crippen LogP) is 3.80. The van der Waals surface area contributed by atoms with Gasteiger partial charge in [0.2, 0.25) is 0 Å². The Kier molecular flexibility index (Phi) is 5.91. The molecule has 0 spiro atoms. The van der Waals surface area contributed by atoms with Crippen LogP contribution in [0.15, 0.2) is 48.9 Å². The highest BCUT2D eigenvalue weighted by Gasteiger charge is 2.27. The zero-order valence-electron chi connectivity index (χ0n) is 19.7. The third kappa shape index (κ3) is 4.21. The van der Waals surface area contributed by atoms with Gasteiger partial charge in [-0.15, -0.1) is 0 Å². The standard InChI is InChI=1S/C25H29N7O2/c1-26-23-12-22-21(14-28-23)24(17-13-29-31(3)15-17)30-32(22)18-7-9-19(10-8-18)34-20-6-4-5-16(11-20)25(33)27-2/h4-6,11-15,18-19H,7-10H2,1-3H3,(H,26,28)(H,27,33). The summed E-state index contributed by atoms with van der Waals surface area (Å²) in [5, 5.41) is 16.2. The van der Waals surface area contributed by atoms with E-state index < -0.39 is 0 Å². The summed E-state index contributed by atoms with van der Waals surface area (Å²) in [5.74, 6) is 1.44. The SMILES string of the molecule is CNC(=O)c1cccc(OC2CCC(n3nc(-c4cnn(C)c4)c4cnc(NC)cc43)CC2)c1. The second-order valence-corrected chi connectivity index (χ2v) is 8.69. The van der Waals surface area contributed by atoms with Gasteiger partial charge in [-0.25, -0.2) is 4.98 Å². The fourth-order valence-corrected chi connectivity index (χ4v) is 4.66. The highest BCUT2D eigenvalue weighted by Crippen LogP contribution is 2.36.